The molecule has 0 radical (unpaired) electrons. The van der Waals surface area contributed by atoms with Crippen LogP contribution in [0, 0.1) is 24.1 Å². The summed E-state index contributed by atoms with van der Waals surface area (Å²) in [4.78, 5) is 7.87. The number of nitriles is 1. The van der Waals surface area contributed by atoms with Crippen LogP contribution in [0.1, 0.15) is 11.1 Å². The molecule has 0 saturated carbocycles. The summed E-state index contributed by atoms with van der Waals surface area (Å²) in [7, 11) is 0. The Labute approximate surface area is 103 Å². The van der Waals surface area contributed by atoms with Crippen molar-refractivity contribution in [3.63, 3.8) is 0 Å². The molecule has 0 unspecified atom stereocenters. The predicted molar refractivity (Wildman–Crippen MR) is 65.6 cm³/mol. The average Bonchev–Trinajstić information content (AvgIpc) is 2.37. The zero-order valence-corrected chi connectivity index (χ0v) is 9.61. The van der Waals surface area contributed by atoms with Crippen LogP contribution >= 0.6 is 0 Å². The van der Waals surface area contributed by atoms with Gasteiger partial charge in [0.1, 0.15) is 29.8 Å². The summed E-state index contributed by atoms with van der Waals surface area (Å²) >= 11 is 0. The molecule has 1 aromatic carbocycles. The van der Waals surface area contributed by atoms with Gasteiger partial charge in [-0.3, -0.25) is 0 Å². The third-order valence-corrected chi connectivity index (χ3v) is 2.48. The molecule has 0 aliphatic rings. The van der Waals surface area contributed by atoms with E-state index in [0.717, 1.165) is 6.07 Å². The van der Waals surface area contributed by atoms with Gasteiger partial charge in [0, 0.05) is 5.56 Å². The molecule has 6 heteroatoms. The van der Waals surface area contributed by atoms with Crippen molar-refractivity contribution >= 4 is 17.3 Å². The molecule has 5 nitrogen and oxygen atoms in total. The van der Waals surface area contributed by atoms with E-state index in [1.54, 1.807) is 6.92 Å². The Hall–Kier alpha value is -2.68. The molecule has 0 amide bonds. The summed E-state index contributed by atoms with van der Waals surface area (Å²) in [6, 6.07) is 5.81. The number of nitrogens with one attached hydrogen (secondary N) is 1. The molecule has 0 fully saturated rings. The molecule has 1 heterocycles. The number of hydrogen-bond acceptors (Lipinski definition) is 5. The monoisotopic (exact) mass is 243 g/mol. The lowest BCUT2D eigenvalue weighted by molar-refractivity contribution is 0.627. The summed E-state index contributed by atoms with van der Waals surface area (Å²) in [6.45, 7) is 1.76. The van der Waals surface area contributed by atoms with Crippen molar-refractivity contribution in [2.75, 3.05) is 11.1 Å². The minimum absolute atomic E-state index is 0.201. The van der Waals surface area contributed by atoms with E-state index in [9.17, 15) is 4.39 Å². The van der Waals surface area contributed by atoms with Crippen molar-refractivity contribution in [3.05, 3.63) is 41.5 Å². The molecule has 2 aromatic rings. The molecule has 18 heavy (non-hydrogen) atoms. The maximum Gasteiger partial charge on any atom is 0.138 e. The summed E-state index contributed by atoms with van der Waals surface area (Å²) in [5.41, 5.74) is 7.00. The average molecular weight is 243 g/mol. The van der Waals surface area contributed by atoms with Gasteiger partial charge in [0.05, 0.1) is 11.3 Å². The molecule has 3 N–H and O–H groups in total. The van der Waals surface area contributed by atoms with Crippen LogP contribution < -0.4 is 11.1 Å². The number of nitrogens with zero attached hydrogens (tertiary/aromatic N) is 3. The second-order valence-corrected chi connectivity index (χ2v) is 3.66. The molecule has 0 bridgehead atoms. The summed E-state index contributed by atoms with van der Waals surface area (Å²) in [5.74, 6) is 0.384. The van der Waals surface area contributed by atoms with Crippen LogP contribution in [0.5, 0.6) is 0 Å². The van der Waals surface area contributed by atoms with E-state index in [1.807, 2.05) is 6.07 Å². The Morgan fingerprint density at radius 1 is 1.39 bits per heavy atom. The van der Waals surface area contributed by atoms with E-state index < -0.39 is 5.82 Å². The van der Waals surface area contributed by atoms with Crippen LogP contribution in [0.25, 0.3) is 0 Å². The van der Waals surface area contributed by atoms with Gasteiger partial charge in [0.2, 0.25) is 0 Å². The number of halogens is 1. The van der Waals surface area contributed by atoms with Crippen LogP contribution in [0.3, 0.4) is 0 Å². The van der Waals surface area contributed by atoms with Gasteiger partial charge in [-0.1, -0.05) is 0 Å². The smallest absolute Gasteiger partial charge is 0.138 e. The molecular formula is C12H10FN5. The quantitative estimate of drug-likeness (QED) is 0.843. The minimum atomic E-state index is -0.462. The van der Waals surface area contributed by atoms with E-state index in [2.05, 4.69) is 15.3 Å². The van der Waals surface area contributed by atoms with Gasteiger partial charge in [-0.2, -0.15) is 5.26 Å². The second kappa shape index (κ2) is 4.67. The van der Waals surface area contributed by atoms with Crippen LogP contribution in [0.15, 0.2) is 24.5 Å². The topological polar surface area (TPSA) is 87.6 Å². The van der Waals surface area contributed by atoms with Crippen molar-refractivity contribution in [1.82, 2.24) is 9.97 Å². The normalized spacial score (nSPS) is 9.83. The lowest BCUT2D eigenvalue weighted by atomic mass is 10.2. The highest BCUT2D eigenvalue weighted by Gasteiger charge is 2.08. The van der Waals surface area contributed by atoms with Crippen molar-refractivity contribution in [3.8, 4) is 6.07 Å². The Balaban J connectivity index is 2.41. The summed E-state index contributed by atoms with van der Waals surface area (Å²) in [5, 5.41) is 11.9. The van der Waals surface area contributed by atoms with Gasteiger partial charge in [0.15, 0.2) is 0 Å². The van der Waals surface area contributed by atoms with Crippen LogP contribution in [0.2, 0.25) is 0 Å². The van der Waals surface area contributed by atoms with E-state index in [1.165, 1.54) is 18.5 Å². The Bertz CT molecular complexity index is 633. The zero-order valence-electron chi connectivity index (χ0n) is 9.61. The van der Waals surface area contributed by atoms with Crippen molar-refractivity contribution < 1.29 is 4.39 Å². The Kier molecular flexibility index (Phi) is 3.06. The first-order chi connectivity index (χ1) is 8.61. The van der Waals surface area contributed by atoms with Crippen molar-refractivity contribution in [2.24, 2.45) is 0 Å². The predicted octanol–water partition coefficient (Wildman–Crippen LogP) is 2.12. The molecule has 2 rings (SSSR count). The lowest BCUT2D eigenvalue weighted by Gasteiger charge is -2.10. The zero-order chi connectivity index (χ0) is 13.1. The van der Waals surface area contributed by atoms with Crippen molar-refractivity contribution in [1.29, 1.82) is 5.26 Å². The maximum atomic E-state index is 13.0. The second-order valence-electron chi connectivity index (χ2n) is 3.66. The van der Waals surface area contributed by atoms with Gasteiger partial charge in [-0.25, -0.2) is 14.4 Å². The number of hydrogen-bond donors (Lipinski definition) is 2. The summed E-state index contributed by atoms with van der Waals surface area (Å²) < 4.78 is 13.0. The lowest BCUT2D eigenvalue weighted by Crippen LogP contribution is -2.03. The third kappa shape index (κ3) is 2.20. The van der Waals surface area contributed by atoms with Crippen molar-refractivity contribution in [2.45, 2.75) is 6.92 Å². The van der Waals surface area contributed by atoms with E-state index >= 15 is 0 Å². The fourth-order valence-electron chi connectivity index (χ4n) is 1.44. The molecule has 0 atom stereocenters. The fraction of sp³-hybridized carbons (Fsp3) is 0.0833. The fourth-order valence-corrected chi connectivity index (χ4v) is 1.44. The maximum absolute atomic E-state index is 13.0. The molecule has 0 aliphatic heterocycles. The Morgan fingerprint density at radius 2 is 2.17 bits per heavy atom. The highest BCUT2D eigenvalue weighted by molar-refractivity contribution is 5.68. The summed E-state index contributed by atoms with van der Waals surface area (Å²) in [6.07, 6.45) is 1.32. The molecule has 0 spiro atoms. The molecule has 90 valence electrons. The van der Waals surface area contributed by atoms with E-state index in [4.69, 9.17) is 11.0 Å². The van der Waals surface area contributed by atoms with Gasteiger partial charge in [-0.05, 0) is 25.1 Å². The van der Waals surface area contributed by atoms with Crippen LogP contribution in [0.4, 0.5) is 21.7 Å². The minimum Gasteiger partial charge on any atom is -0.383 e. The molecule has 1 aromatic heterocycles. The van der Waals surface area contributed by atoms with E-state index in [0.29, 0.717) is 22.9 Å². The first-order valence-corrected chi connectivity index (χ1v) is 5.15. The first-order valence-electron chi connectivity index (χ1n) is 5.15. The number of nitrogens with two attached hydrogens (primary N) is 1. The number of anilines is 3. The standard InChI is InChI=1S/C12H10FN5/c1-7-11(15)16-6-17-12(7)18-10-3-2-9(13)4-8(10)5-14/h2-4,6H,1H3,(H3,15,16,17,18). The Morgan fingerprint density at radius 3 is 2.89 bits per heavy atom. The molecular weight excluding hydrogens is 233 g/mol. The number of nitrogen functional groups attached to an aromatic ring is 1. The number of aromatic nitrogens is 2. The van der Waals surface area contributed by atoms with Gasteiger partial charge in [-0.15, -0.1) is 0 Å². The SMILES string of the molecule is Cc1c(N)ncnc1Nc1ccc(F)cc1C#N. The van der Waals surface area contributed by atoms with Gasteiger partial charge >= 0.3 is 0 Å². The highest BCUT2D eigenvalue weighted by Crippen LogP contribution is 2.23. The third-order valence-electron chi connectivity index (χ3n) is 2.48. The van der Waals surface area contributed by atoms with Crippen LogP contribution in [-0.4, -0.2) is 9.97 Å². The van der Waals surface area contributed by atoms with Crippen LogP contribution in [-0.2, 0) is 0 Å². The largest absolute Gasteiger partial charge is 0.383 e. The molecule has 0 aliphatic carbocycles. The molecule has 0 saturated heterocycles. The number of benzene rings is 1. The highest BCUT2D eigenvalue weighted by atomic mass is 19.1. The number of rotatable bonds is 2. The first kappa shape index (κ1) is 11.8. The van der Waals surface area contributed by atoms with Gasteiger partial charge in [0.25, 0.3) is 0 Å². The van der Waals surface area contributed by atoms with E-state index in [-0.39, 0.29) is 5.56 Å². The van der Waals surface area contributed by atoms with Gasteiger partial charge < -0.3 is 11.1 Å².